The number of anilines is 1. The molecule has 18 heavy (non-hydrogen) atoms. The van der Waals surface area contributed by atoms with Gasteiger partial charge in [-0.05, 0) is 25.0 Å². The zero-order valence-corrected chi connectivity index (χ0v) is 11.0. The number of aromatic nitrogens is 2. The van der Waals surface area contributed by atoms with E-state index in [-0.39, 0.29) is 11.8 Å². The summed E-state index contributed by atoms with van der Waals surface area (Å²) >= 11 is 7.19. The van der Waals surface area contributed by atoms with Gasteiger partial charge < -0.3 is 5.32 Å². The molecule has 1 aromatic carbocycles. The van der Waals surface area contributed by atoms with E-state index < -0.39 is 0 Å². The molecule has 4 nitrogen and oxygen atoms in total. The number of nitrogens with one attached hydrogen (secondary N) is 1. The number of nitrogens with zero attached hydrogens (tertiary/aromatic N) is 2. The van der Waals surface area contributed by atoms with Gasteiger partial charge in [-0.1, -0.05) is 35.1 Å². The molecule has 6 heteroatoms. The Morgan fingerprint density at radius 2 is 2.00 bits per heavy atom. The molecule has 2 aromatic rings. The lowest BCUT2D eigenvalue weighted by Gasteiger charge is -1.96. The standard InChI is InChI=1S/C12H10ClN3OS/c13-9-5-3-8(4-6-9)11-15-16-12(18-11)14-10(17)7-1-2-7/h3-7H,1-2H2,(H,14,16,17). The summed E-state index contributed by atoms with van der Waals surface area (Å²) in [4.78, 5) is 11.6. The van der Waals surface area contributed by atoms with Crippen LogP contribution in [0.25, 0.3) is 10.6 Å². The van der Waals surface area contributed by atoms with Crippen molar-refractivity contribution < 1.29 is 4.79 Å². The first-order valence-electron chi connectivity index (χ1n) is 5.63. The van der Waals surface area contributed by atoms with Crippen LogP contribution < -0.4 is 5.32 Å². The average Bonchev–Trinajstić information content (AvgIpc) is 3.12. The summed E-state index contributed by atoms with van der Waals surface area (Å²) in [5.74, 6) is 0.224. The topological polar surface area (TPSA) is 54.9 Å². The summed E-state index contributed by atoms with van der Waals surface area (Å²) in [7, 11) is 0. The van der Waals surface area contributed by atoms with Gasteiger partial charge in [0.1, 0.15) is 5.01 Å². The van der Waals surface area contributed by atoms with Crippen LogP contribution in [-0.2, 0) is 4.79 Å². The van der Waals surface area contributed by atoms with Crippen LogP contribution in [0.4, 0.5) is 5.13 Å². The molecular weight excluding hydrogens is 270 g/mol. The molecule has 1 saturated carbocycles. The van der Waals surface area contributed by atoms with Crippen molar-refractivity contribution in [1.29, 1.82) is 0 Å². The lowest BCUT2D eigenvalue weighted by molar-refractivity contribution is -0.117. The number of carbonyl (C=O) groups excluding carboxylic acids is 1. The maximum absolute atomic E-state index is 11.6. The molecule has 1 N–H and O–H groups in total. The van der Waals surface area contributed by atoms with Crippen molar-refractivity contribution >= 4 is 34.0 Å². The third-order valence-corrected chi connectivity index (χ3v) is 3.83. The van der Waals surface area contributed by atoms with Crippen LogP contribution in [0.3, 0.4) is 0 Å². The Morgan fingerprint density at radius 1 is 1.28 bits per heavy atom. The zero-order chi connectivity index (χ0) is 12.5. The number of hydrogen-bond acceptors (Lipinski definition) is 4. The highest BCUT2D eigenvalue weighted by Crippen LogP contribution is 2.32. The van der Waals surface area contributed by atoms with Crippen molar-refractivity contribution in [2.75, 3.05) is 5.32 Å². The third kappa shape index (κ3) is 2.52. The van der Waals surface area contributed by atoms with E-state index in [1.165, 1.54) is 11.3 Å². The molecule has 92 valence electrons. The van der Waals surface area contributed by atoms with Crippen LogP contribution in [0.5, 0.6) is 0 Å². The van der Waals surface area contributed by atoms with Crippen LogP contribution >= 0.6 is 22.9 Å². The molecule has 0 radical (unpaired) electrons. The molecule has 0 spiro atoms. The van der Waals surface area contributed by atoms with Gasteiger partial charge in [-0.2, -0.15) is 0 Å². The smallest absolute Gasteiger partial charge is 0.229 e. The summed E-state index contributed by atoms with van der Waals surface area (Å²) in [6.07, 6.45) is 1.96. The van der Waals surface area contributed by atoms with Gasteiger partial charge in [0.05, 0.1) is 0 Å². The Bertz CT molecular complexity index is 577. The largest absolute Gasteiger partial charge is 0.300 e. The number of hydrogen-bond donors (Lipinski definition) is 1. The molecule has 3 rings (SSSR count). The number of amides is 1. The highest BCUT2D eigenvalue weighted by Gasteiger charge is 2.30. The van der Waals surface area contributed by atoms with Gasteiger partial charge in [-0.25, -0.2) is 0 Å². The van der Waals surface area contributed by atoms with Crippen molar-refractivity contribution in [2.45, 2.75) is 12.8 Å². The summed E-state index contributed by atoms with van der Waals surface area (Å²) < 4.78 is 0. The molecule has 1 aromatic heterocycles. The average molecular weight is 280 g/mol. The van der Waals surface area contributed by atoms with Gasteiger partial charge in [-0.3, -0.25) is 4.79 Å². The van der Waals surface area contributed by atoms with Gasteiger partial charge in [0.2, 0.25) is 11.0 Å². The van der Waals surface area contributed by atoms with E-state index in [1.54, 1.807) is 12.1 Å². The molecule has 1 amide bonds. The van der Waals surface area contributed by atoms with Gasteiger partial charge >= 0.3 is 0 Å². The van der Waals surface area contributed by atoms with Crippen molar-refractivity contribution in [1.82, 2.24) is 10.2 Å². The van der Waals surface area contributed by atoms with E-state index in [2.05, 4.69) is 15.5 Å². The van der Waals surface area contributed by atoms with E-state index in [9.17, 15) is 4.79 Å². The van der Waals surface area contributed by atoms with Gasteiger partial charge in [0.15, 0.2) is 0 Å². The van der Waals surface area contributed by atoms with E-state index >= 15 is 0 Å². The fourth-order valence-corrected chi connectivity index (χ4v) is 2.41. The summed E-state index contributed by atoms with van der Waals surface area (Å²) in [6.45, 7) is 0. The molecule has 1 aliphatic carbocycles. The maximum atomic E-state index is 11.6. The minimum Gasteiger partial charge on any atom is -0.300 e. The molecule has 1 aliphatic rings. The second-order valence-electron chi connectivity index (χ2n) is 4.18. The zero-order valence-electron chi connectivity index (χ0n) is 9.39. The Hall–Kier alpha value is -1.46. The normalized spacial score (nSPS) is 14.5. The van der Waals surface area contributed by atoms with Crippen LogP contribution in [-0.4, -0.2) is 16.1 Å². The summed E-state index contributed by atoms with van der Waals surface area (Å²) in [5, 5.41) is 12.8. The predicted octanol–water partition coefficient (Wildman–Crippen LogP) is 3.21. The van der Waals surface area contributed by atoms with E-state index in [0.717, 1.165) is 23.4 Å². The number of rotatable bonds is 3. The molecular formula is C12H10ClN3OS. The van der Waals surface area contributed by atoms with Crippen molar-refractivity contribution in [3.63, 3.8) is 0 Å². The Balaban J connectivity index is 1.76. The fraction of sp³-hybridized carbons (Fsp3) is 0.250. The number of carbonyl (C=O) groups is 1. The van der Waals surface area contributed by atoms with Crippen LogP contribution in [0.1, 0.15) is 12.8 Å². The van der Waals surface area contributed by atoms with Crippen LogP contribution in [0.15, 0.2) is 24.3 Å². The van der Waals surface area contributed by atoms with E-state index in [0.29, 0.717) is 10.2 Å². The van der Waals surface area contributed by atoms with E-state index in [4.69, 9.17) is 11.6 Å². The summed E-state index contributed by atoms with van der Waals surface area (Å²) in [6, 6.07) is 7.38. The van der Waals surface area contributed by atoms with Gasteiger partial charge in [0.25, 0.3) is 0 Å². The SMILES string of the molecule is O=C(Nc1nnc(-c2ccc(Cl)cc2)s1)C1CC1. The fourth-order valence-electron chi connectivity index (χ4n) is 1.54. The molecule has 0 unspecified atom stereocenters. The first-order valence-corrected chi connectivity index (χ1v) is 6.82. The number of benzene rings is 1. The minimum absolute atomic E-state index is 0.0498. The molecule has 0 bridgehead atoms. The lowest BCUT2D eigenvalue weighted by Crippen LogP contribution is -2.12. The quantitative estimate of drug-likeness (QED) is 0.939. The van der Waals surface area contributed by atoms with Crippen molar-refractivity contribution in [3.05, 3.63) is 29.3 Å². The first-order chi connectivity index (χ1) is 8.72. The number of halogens is 1. The van der Waals surface area contributed by atoms with Crippen LogP contribution in [0, 0.1) is 5.92 Å². The summed E-state index contributed by atoms with van der Waals surface area (Å²) in [5.41, 5.74) is 0.948. The molecule has 1 fully saturated rings. The van der Waals surface area contributed by atoms with Gasteiger partial charge in [-0.15, -0.1) is 10.2 Å². The van der Waals surface area contributed by atoms with Crippen molar-refractivity contribution in [2.24, 2.45) is 5.92 Å². The monoisotopic (exact) mass is 279 g/mol. The van der Waals surface area contributed by atoms with Gasteiger partial charge in [0, 0.05) is 16.5 Å². The highest BCUT2D eigenvalue weighted by atomic mass is 35.5. The second-order valence-corrected chi connectivity index (χ2v) is 5.60. The molecule has 1 heterocycles. The van der Waals surface area contributed by atoms with Crippen LogP contribution in [0.2, 0.25) is 5.02 Å². The highest BCUT2D eigenvalue weighted by molar-refractivity contribution is 7.18. The second kappa shape index (κ2) is 4.66. The maximum Gasteiger partial charge on any atom is 0.229 e. The van der Waals surface area contributed by atoms with E-state index in [1.807, 2.05) is 12.1 Å². The molecule has 0 atom stereocenters. The third-order valence-electron chi connectivity index (χ3n) is 2.69. The Labute approximate surface area is 113 Å². The van der Waals surface area contributed by atoms with Crippen molar-refractivity contribution in [3.8, 4) is 10.6 Å². The minimum atomic E-state index is 0.0498. The first kappa shape index (κ1) is 11.6. The predicted molar refractivity (Wildman–Crippen MR) is 71.7 cm³/mol. The molecule has 0 saturated heterocycles. The Kier molecular flexibility index (Phi) is 3.01. The lowest BCUT2D eigenvalue weighted by atomic mass is 10.2. The molecule has 0 aliphatic heterocycles. The Morgan fingerprint density at radius 3 is 2.67 bits per heavy atom.